The summed E-state index contributed by atoms with van der Waals surface area (Å²) in [5.41, 5.74) is 6.97. The summed E-state index contributed by atoms with van der Waals surface area (Å²) < 4.78 is 0. The van der Waals surface area contributed by atoms with Gasteiger partial charge in [0, 0.05) is 38.9 Å². The van der Waals surface area contributed by atoms with Crippen molar-refractivity contribution in [1.82, 2.24) is 15.2 Å². The zero-order valence-electron chi connectivity index (χ0n) is 15.7. The van der Waals surface area contributed by atoms with Gasteiger partial charge in [0.05, 0.1) is 6.54 Å². The molecular weight excluding hydrogens is 427 g/mol. The predicted octanol–water partition coefficient (Wildman–Crippen LogP) is 2.29. The van der Waals surface area contributed by atoms with Crippen LogP contribution in [0.1, 0.15) is 32.8 Å². The SMILES string of the molecule is CCN1CCN(c2ccc(CN=C(N)NCCC(C)C)cn2)CC1.I. The molecule has 1 aromatic heterocycles. The highest BCUT2D eigenvalue weighted by molar-refractivity contribution is 14.0. The van der Waals surface area contributed by atoms with Gasteiger partial charge in [0.2, 0.25) is 0 Å². The molecule has 0 aromatic carbocycles. The van der Waals surface area contributed by atoms with Gasteiger partial charge in [-0.2, -0.15) is 0 Å². The second-order valence-electron chi connectivity index (χ2n) is 6.76. The van der Waals surface area contributed by atoms with Crippen LogP contribution in [0, 0.1) is 5.92 Å². The summed E-state index contributed by atoms with van der Waals surface area (Å²) >= 11 is 0. The van der Waals surface area contributed by atoms with Crippen LogP contribution in [0.25, 0.3) is 0 Å². The molecule has 1 aromatic rings. The van der Waals surface area contributed by atoms with Crippen LogP contribution >= 0.6 is 24.0 Å². The van der Waals surface area contributed by atoms with Crippen LogP contribution in [0.15, 0.2) is 23.3 Å². The minimum atomic E-state index is 0. The van der Waals surface area contributed by atoms with Crippen molar-refractivity contribution in [2.24, 2.45) is 16.6 Å². The first kappa shape index (κ1) is 22.0. The van der Waals surface area contributed by atoms with Crippen molar-refractivity contribution in [2.45, 2.75) is 33.7 Å². The van der Waals surface area contributed by atoms with E-state index in [9.17, 15) is 0 Å². The standard InChI is InChI=1S/C18H32N6.HI/c1-4-23-9-11-24(12-10-23)17-6-5-16(13-21-17)14-22-18(19)20-8-7-15(2)3;/h5-6,13,15H,4,7-12,14H2,1-3H3,(H3,19,20,22);1H. The van der Waals surface area contributed by atoms with E-state index >= 15 is 0 Å². The summed E-state index contributed by atoms with van der Waals surface area (Å²) in [7, 11) is 0. The van der Waals surface area contributed by atoms with Crippen molar-refractivity contribution >= 4 is 35.8 Å². The lowest BCUT2D eigenvalue weighted by Crippen LogP contribution is -2.46. The molecule has 3 N–H and O–H groups in total. The number of pyridine rings is 1. The summed E-state index contributed by atoms with van der Waals surface area (Å²) in [5.74, 6) is 2.23. The largest absolute Gasteiger partial charge is 0.370 e. The molecule has 0 bridgehead atoms. The number of aliphatic imine (C=N–C) groups is 1. The molecule has 7 heteroatoms. The van der Waals surface area contributed by atoms with Crippen LogP contribution in [0.2, 0.25) is 0 Å². The van der Waals surface area contributed by atoms with Gasteiger partial charge in [-0.05, 0) is 30.5 Å². The molecular formula is C18H33IN6. The second kappa shape index (κ2) is 11.5. The Bertz CT molecular complexity index is 509. The third-order valence-corrected chi connectivity index (χ3v) is 4.41. The van der Waals surface area contributed by atoms with Gasteiger partial charge >= 0.3 is 0 Å². The molecule has 0 aliphatic carbocycles. The maximum Gasteiger partial charge on any atom is 0.188 e. The lowest BCUT2D eigenvalue weighted by molar-refractivity contribution is 0.270. The van der Waals surface area contributed by atoms with E-state index in [2.05, 4.69) is 58.0 Å². The van der Waals surface area contributed by atoms with Gasteiger partial charge in [-0.15, -0.1) is 24.0 Å². The Balaban J connectivity index is 0.00000312. The molecule has 25 heavy (non-hydrogen) atoms. The third kappa shape index (κ3) is 7.77. The lowest BCUT2D eigenvalue weighted by Gasteiger charge is -2.34. The Morgan fingerprint density at radius 1 is 1.28 bits per heavy atom. The van der Waals surface area contributed by atoms with E-state index in [1.54, 1.807) is 0 Å². The highest BCUT2D eigenvalue weighted by Gasteiger charge is 2.16. The van der Waals surface area contributed by atoms with Gasteiger partial charge in [0.15, 0.2) is 5.96 Å². The number of piperazine rings is 1. The lowest BCUT2D eigenvalue weighted by atomic mass is 10.1. The molecule has 6 nitrogen and oxygen atoms in total. The maximum absolute atomic E-state index is 5.89. The predicted molar refractivity (Wildman–Crippen MR) is 117 cm³/mol. The number of aromatic nitrogens is 1. The highest BCUT2D eigenvalue weighted by atomic mass is 127. The molecule has 0 amide bonds. The van der Waals surface area contributed by atoms with E-state index in [4.69, 9.17) is 5.73 Å². The first-order valence-electron chi connectivity index (χ1n) is 9.04. The van der Waals surface area contributed by atoms with Crippen molar-refractivity contribution in [2.75, 3.05) is 44.2 Å². The maximum atomic E-state index is 5.89. The molecule has 0 radical (unpaired) electrons. The Labute approximate surface area is 169 Å². The van der Waals surface area contributed by atoms with Gasteiger partial charge < -0.3 is 20.9 Å². The number of hydrogen-bond acceptors (Lipinski definition) is 4. The average molecular weight is 460 g/mol. The van der Waals surface area contributed by atoms with E-state index in [0.29, 0.717) is 18.4 Å². The molecule has 1 saturated heterocycles. The Kier molecular flexibility index (Phi) is 10.1. The number of nitrogens with zero attached hydrogens (tertiary/aromatic N) is 4. The molecule has 0 spiro atoms. The second-order valence-corrected chi connectivity index (χ2v) is 6.76. The van der Waals surface area contributed by atoms with Crippen molar-refractivity contribution in [3.63, 3.8) is 0 Å². The van der Waals surface area contributed by atoms with E-state index in [1.807, 2.05) is 6.20 Å². The molecule has 2 heterocycles. The highest BCUT2D eigenvalue weighted by Crippen LogP contribution is 2.14. The number of hydrogen-bond donors (Lipinski definition) is 2. The molecule has 1 aliphatic heterocycles. The molecule has 142 valence electrons. The van der Waals surface area contributed by atoms with Gasteiger partial charge in [-0.3, -0.25) is 0 Å². The van der Waals surface area contributed by atoms with Crippen LogP contribution in [-0.2, 0) is 6.54 Å². The fourth-order valence-electron chi connectivity index (χ4n) is 2.71. The third-order valence-electron chi connectivity index (χ3n) is 4.41. The van der Waals surface area contributed by atoms with Gasteiger partial charge in [-0.1, -0.05) is 26.8 Å². The van der Waals surface area contributed by atoms with Gasteiger partial charge in [0.1, 0.15) is 5.82 Å². The van der Waals surface area contributed by atoms with Crippen LogP contribution in [0.3, 0.4) is 0 Å². The minimum absolute atomic E-state index is 0. The first-order chi connectivity index (χ1) is 11.6. The van der Waals surface area contributed by atoms with Crippen molar-refractivity contribution < 1.29 is 0 Å². The monoisotopic (exact) mass is 460 g/mol. The van der Waals surface area contributed by atoms with E-state index in [-0.39, 0.29) is 24.0 Å². The number of nitrogens with two attached hydrogens (primary N) is 1. The van der Waals surface area contributed by atoms with Gasteiger partial charge in [-0.25, -0.2) is 9.98 Å². The summed E-state index contributed by atoms with van der Waals surface area (Å²) in [4.78, 5) is 13.8. The Morgan fingerprint density at radius 3 is 2.56 bits per heavy atom. The zero-order chi connectivity index (χ0) is 17.4. The van der Waals surface area contributed by atoms with Crippen molar-refractivity contribution in [1.29, 1.82) is 0 Å². The first-order valence-corrected chi connectivity index (χ1v) is 9.04. The van der Waals surface area contributed by atoms with Crippen LogP contribution in [0.5, 0.6) is 0 Å². The number of likely N-dealkylation sites (N-methyl/N-ethyl adjacent to an activating group) is 1. The average Bonchev–Trinajstić information content (AvgIpc) is 2.60. The summed E-state index contributed by atoms with van der Waals surface area (Å²) in [6.07, 6.45) is 3.00. The van der Waals surface area contributed by atoms with Gasteiger partial charge in [0.25, 0.3) is 0 Å². The Morgan fingerprint density at radius 2 is 2.00 bits per heavy atom. The van der Waals surface area contributed by atoms with Crippen LogP contribution in [0.4, 0.5) is 5.82 Å². The normalized spacial score (nSPS) is 16.0. The minimum Gasteiger partial charge on any atom is -0.370 e. The smallest absolute Gasteiger partial charge is 0.188 e. The number of anilines is 1. The molecule has 2 rings (SSSR count). The van der Waals surface area contributed by atoms with Crippen molar-refractivity contribution in [3.05, 3.63) is 23.9 Å². The zero-order valence-corrected chi connectivity index (χ0v) is 18.1. The topological polar surface area (TPSA) is 69.8 Å². The summed E-state index contributed by atoms with van der Waals surface area (Å²) in [6.45, 7) is 13.5. The molecule has 0 unspecified atom stereocenters. The molecule has 0 saturated carbocycles. The number of guanidine groups is 1. The van der Waals surface area contributed by atoms with E-state index in [0.717, 1.165) is 57.1 Å². The number of halogens is 1. The fourth-order valence-corrected chi connectivity index (χ4v) is 2.71. The Hall–Kier alpha value is -1.09. The van der Waals surface area contributed by atoms with E-state index in [1.165, 1.54) is 0 Å². The number of rotatable bonds is 7. The molecule has 1 fully saturated rings. The van der Waals surface area contributed by atoms with Crippen LogP contribution in [-0.4, -0.2) is 55.1 Å². The van der Waals surface area contributed by atoms with Crippen LogP contribution < -0.4 is 16.0 Å². The van der Waals surface area contributed by atoms with E-state index < -0.39 is 0 Å². The number of nitrogens with one attached hydrogen (secondary N) is 1. The summed E-state index contributed by atoms with van der Waals surface area (Å²) in [6, 6.07) is 4.19. The fraction of sp³-hybridized carbons (Fsp3) is 0.667. The molecule has 1 aliphatic rings. The van der Waals surface area contributed by atoms with Crippen molar-refractivity contribution in [3.8, 4) is 0 Å². The molecule has 0 atom stereocenters. The summed E-state index contributed by atoms with van der Waals surface area (Å²) in [5, 5.41) is 3.15. The quantitative estimate of drug-likeness (QED) is 0.371.